The van der Waals surface area contributed by atoms with E-state index in [0.717, 1.165) is 19.5 Å². The molecular formula is C18H22N2. The predicted molar refractivity (Wildman–Crippen MR) is 86.5 cm³/mol. The molecule has 0 atom stereocenters. The summed E-state index contributed by atoms with van der Waals surface area (Å²) in [5, 5.41) is 7.10. The number of anilines is 2. The molecule has 2 aromatic rings. The summed E-state index contributed by atoms with van der Waals surface area (Å²) in [4.78, 5) is 0. The fourth-order valence-corrected chi connectivity index (χ4v) is 2.91. The summed E-state index contributed by atoms with van der Waals surface area (Å²) < 4.78 is 0. The lowest BCUT2D eigenvalue weighted by atomic mass is 10.0. The number of hydrogen-bond acceptors (Lipinski definition) is 2. The Balaban J connectivity index is 1.79. The van der Waals surface area contributed by atoms with E-state index >= 15 is 0 Å². The number of para-hydroxylation sites is 2. The SMILES string of the molecule is CC(C)c1ccccc1NCc1cccc2c1NCC2. The first-order valence-corrected chi connectivity index (χ1v) is 7.43. The quantitative estimate of drug-likeness (QED) is 0.857. The first-order valence-electron chi connectivity index (χ1n) is 7.43. The second-order valence-electron chi connectivity index (χ2n) is 5.72. The molecule has 104 valence electrons. The molecule has 0 fully saturated rings. The smallest absolute Gasteiger partial charge is 0.0424 e. The molecule has 2 N–H and O–H groups in total. The average molecular weight is 266 g/mol. The van der Waals surface area contributed by atoms with Crippen molar-refractivity contribution < 1.29 is 0 Å². The van der Waals surface area contributed by atoms with E-state index in [0.29, 0.717) is 5.92 Å². The number of fused-ring (bicyclic) bond motifs is 1. The van der Waals surface area contributed by atoms with Crippen LogP contribution in [0.5, 0.6) is 0 Å². The van der Waals surface area contributed by atoms with Crippen LogP contribution >= 0.6 is 0 Å². The molecule has 2 nitrogen and oxygen atoms in total. The zero-order valence-electron chi connectivity index (χ0n) is 12.2. The molecule has 0 spiro atoms. The van der Waals surface area contributed by atoms with Crippen LogP contribution in [0.3, 0.4) is 0 Å². The highest BCUT2D eigenvalue weighted by Gasteiger charge is 2.13. The van der Waals surface area contributed by atoms with Gasteiger partial charge in [0, 0.05) is 24.5 Å². The molecule has 1 heterocycles. The van der Waals surface area contributed by atoms with Gasteiger partial charge in [-0.25, -0.2) is 0 Å². The largest absolute Gasteiger partial charge is 0.384 e. The molecule has 0 unspecified atom stereocenters. The van der Waals surface area contributed by atoms with Crippen molar-refractivity contribution in [1.29, 1.82) is 0 Å². The molecule has 1 aliphatic heterocycles. The van der Waals surface area contributed by atoms with Gasteiger partial charge in [-0.3, -0.25) is 0 Å². The molecule has 0 aliphatic carbocycles. The second kappa shape index (κ2) is 5.58. The highest BCUT2D eigenvalue weighted by molar-refractivity contribution is 5.62. The first-order chi connectivity index (χ1) is 9.75. The molecule has 0 aromatic heterocycles. The van der Waals surface area contributed by atoms with Gasteiger partial charge in [-0.05, 0) is 35.1 Å². The monoisotopic (exact) mass is 266 g/mol. The standard InChI is InChI=1S/C18H22N2/c1-13(2)16-8-3-4-9-17(16)20-12-15-7-5-6-14-10-11-19-18(14)15/h3-9,13,19-20H,10-12H2,1-2H3. The van der Waals surface area contributed by atoms with Crippen molar-refractivity contribution in [2.45, 2.75) is 32.7 Å². The lowest BCUT2D eigenvalue weighted by Gasteiger charge is -2.16. The Hall–Kier alpha value is -1.96. The van der Waals surface area contributed by atoms with Crippen LogP contribution in [0, 0.1) is 0 Å². The van der Waals surface area contributed by atoms with E-state index < -0.39 is 0 Å². The summed E-state index contributed by atoms with van der Waals surface area (Å²) in [6.07, 6.45) is 1.14. The third-order valence-corrected chi connectivity index (χ3v) is 3.99. The predicted octanol–water partition coefficient (Wildman–Crippen LogP) is 4.39. The number of benzene rings is 2. The molecule has 0 radical (unpaired) electrons. The van der Waals surface area contributed by atoms with Gasteiger partial charge in [-0.15, -0.1) is 0 Å². The van der Waals surface area contributed by atoms with Gasteiger partial charge in [0.05, 0.1) is 0 Å². The minimum absolute atomic E-state index is 0.540. The van der Waals surface area contributed by atoms with Crippen molar-refractivity contribution in [3.63, 3.8) is 0 Å². The highest BCUT2D eigenvalue weighted by atomic mass is 14.9. The minimum Gasteiger partial charge on any atom is -0.384 e. The molecule has 3 rings (SSSR count). The molecule has 2 aromatic carbocycles. The van der Waals surface area contributed by atoms with E-state index in [4.69, 9.17) is 0 Å². The summed E-state index contributed by atoms with van der Waals surface area (Å²) in [5.74, 6) is 0.540. The first kappa shape index (κ1) is 13.0. The third-order valence-electron chi connectivity index (χ3n) is 3.99. The van der Waals surface area contributed by atoms with Crippen LogP contribution in [-0.2, 0) is 13.0 Å². The molecule has 0 bridgehead atoms. The zero-order chi connectivity index (χ0) is 13.9. The maximum atomic E-state index is 3.60. The lowest BCUT2D eigenvalue weighted by Crippen LogP contribution is -2.05. The van der Waals surface area contributed by atoms with Crippen molar-refractivity contribution in [3.05, 3.63) is 59.2 Å². The van der Waals surface area contributed by atoms with Crippen LogP contribution in [0.4, 0.5) is 11.4 Å². The van der Waals surface area contributed by atoms with Gasteiger partial charge >= 0.3 is 0 Å². The van der Waals surface area contributed by atoms with E-state index in [9.17, 15) is 0 Å². The normalized spacial score (nSPS) is 13.2. The van der Waals surface area contributed by atoms with Crippen molar-refractivity contribution in [2.24, 2.45) is 0 Å². The van der Waals surface area contributed by atoms with Crippen LogP contribution in [0.25, 0.3) is 0 Å². The molecule has 20 heavy (non-hydrogen) atoms. The van der Waals surface area contributed by atoms with E-state index in [2.05, 4.69) is 66.9 Å². The van der Waals surface area contributed by atoms with Gasteiger partial charge in [-0.1, -0.05) is 50.2 Å². The van der Waals surface area contributed by atoms with E-state index in [1.165, 1.54) is 28.1 Å². The van der Waals surface area contributed by atoms with Crippen LogP contribution < -0.4 is 10.6 Å². The maximum absolute atomic E-state index is 3.60. The van der Waals surface area contributed by atoms with E-state index in [-0.39, 0.29) is 0 Å². The fourth-order valence-electron chi connectivity index (χ4n) is 2.91. The van der Waals surface area contributed by atoms with Gasteiger partial charge in [0.15, 0.2) is 0 Å². The van der Waals surface area contributed by atoms with Gasteiger partial charge < -0.3 is 10.6 Å². The summed E-state index contributed by atoms with van der Waals surface area (Å²) in [5.41, 5.74) is 6.77. The Bertz CT molecular complexity index is 602. The number of hydrogen-bond donors (Lipinski definition) is 2. The van der Waals surface area contributed by atoms with Crippen molar-refractivity contribution in [1.82, 2.24) is 0 Å². The van der Waals surface area contributed by atoms with Crippen molar-refractivity contribution >= 4 is 11.4 Å². The van der Waals surface area contributed by atoms with Crippen LogP contribution in [0.2, 0.25) is 0 Å². The fraction of sp³-hybridized carbons (Fsp3) is 0.333. The topological polar surface area (TPSA) is 24.1 Å². The number of nitrogens with one attached hydrogen (secondary N) is 2. The molecule has 0 saturated carbocycles. The van der Waals surface area contributed by atoms with Crippen LogP contribution in [-0.4, -0.2) is 6.54 Å². The van der Waals surface area contributed by atoms with E-state index in [1.54, 1.807) is 0 Å². The van der Waals surface area contributed by atoms with Gasteiger partial charge in [0.25, 0.3) is 0 Å². The second-order valence-corrected chi connectivity index (χ2v) is 5.72. The lowest BCUT2D eigenvalue weighted by molar-refractivity contribution is 0.865. The Labute approximate surface area is 121 Å². The van der Waals surface area contributed by atoms with E-state index in [1.807, 2.05) is 0 Å². The summed E-state index contributed by atoms with van der Waals surface area (Å²) in [6.45, 7) is 6.42. The summed E-state index contributed by atoms with van der Waals surface area (Å²) in [6, 6.07) is 15.2. The van der Waals surface area contributed by atoms with Gasteiger partial charge in [0.2, 0.25) is 0 Å². The number of rotatable bonds is 4. The molecule has 0 saturated heterocycles. The average Bonchev–Trinajstić information content (AvgIpc) is 2.94. The van der Waals surface area contributed by atoms with Crippen LogP contribution in [0.1, 0.15) is 36.5 Å². The van der Waals surface area contributed by atoms with Crippen molar-refractivity contribution in [2.75, 3.05) is 17.2 Å². The van der Waals surface area contributed by atoms with Gasteiger partial charge in [0.1, 0.15) is 0 Å². The minimum atomic E-state index is 0.540. The van der Waals surface area contributed by atoms with Gasteiger partial charge in [-0.2, -0.15) is 0 Å². The highest BCUT2D eigenvalue weighted by Crippen LogP contribution is 2.28. The summed E-state index contributed by atoms with van der Waals surface area (Å²) in [7, 11) is 0. The molecule has 2 heteroatoms. The van der Waals surface area contributed by atoms with Crippen molar-refractivity contribution in [3.8, 4) is 0 Å². The Kier molecular flexibility index (Phi) is 3.64. The Morgan fingerprint density at radius 2 is 1.95 bits per heavy atom. The summed E-state index contributed by atoms with van der Waals surface area (Å²) >= 11 is 0. The Morgan fingerprint density at radius 1 is 1.10 bits per heavy atom. The molecule has 0 amide bonds. The van der Waals surface area contributed by atoms with Crippen LogP contribution in [0.15, 0.2) is 42.5 Å². The maximum Gasteiger partial charge on any atom is 0.0424 e. The third kappa shape index (κ3) is 2.51. The molecular weight excluding hydrogens is 244 g/mol. The Morgan fingerprint density at radius 3 is 2.80 bits per heavy atom. The zero-order valence-corrected chi connectivity index (χ0v) is 12.2. The molecule has 1 aliphatic rings.